The highest BCUT2D eigenvalue weighted by atomic mass is 16.5. The fraction of sp³-hybridized carbons (Fsp3) is 0.231. The van der Waals surface area contributed by atoms with E-state index in [1.54, 1.807) is 28.6 Å². The quantitative estimate of drug-likeness (QED) is 0.777. The largest absolute Gasteiger partial charge is 0.478 e. The molecule has 1 amide bonds. The van der Waals surface area contributed by atoms with E-state index in [1.807, 2.05) is 13.0 Å². The fourth-order valence-corrected chi connectivity index (χ4v) is 2.01. The minimum Gasteiger partial charge on any atom is -0.478 e. The molecule has 1 N–H and O–H groups in total. The molecule has 8 nitrogen and oxygen atoms in total. The Morgan fingerprint density at radius 3 is 3.00 bits per heavy atom. The van der Waals surface area contributed by atoms with Gasteiger partial charge in [-0.3, -0.25) is 9.48 Å². The Balaban J connectivity index is 1.95. The summed E-state index contributed by atoms with van der Waals surface area (Å²) in [6, 6.07) is 1.83. The second-order valence-electron chi connectivity index (χ2n) is 4.58. The van der Waals surface area contributed by atoms with E-state index >= 15 is 0 Å². The average Bonchev–Trinajstić information content (AvgIpc) is 3.01. The number of nitrogens with zero attached hydrogens (tertiary/aromatic N) is 5. The van der Waals surface area contributed by atoms with Gasteiger partial charge in [0.2, 0.25) is 0 Å². The fourth-order valence-electron chi connectivity index (χ4n) is 2.01. The number of hydrogen-bond acceptors (Lipinski definition) is 5. The van der Waals surface area contributed by atoms with Gasteiger partial charge in [0.1, 0.15) is 11.3 Å². The van der Waals surface area contributed by atoms with Crippen LogP contribution in [0.3, 0.4) is 0 Å². The molecule has 0 aliphatic carbocycles. The van der Waals surface area contributed by atoms with E-state index < -0.39 is 0 Å². The number of amides is 1. The van der Waals surface area contributed by atoms with Crippen LogP contribution in [0, 0.1) is 6.92 Å². The molecule has 3 aromatic heterocycles. The predicted molar refractivity (Wildman–Crippen MR) is 75.4 cm³/mol. The van der Waals surface area contributed by atoms with E-state index in [4.69, 9.17) is 4.74 Å². The number of carbonyl (C=O) groups excluding carboxylic acids is 1. The van der Waals surface area contributed by atoms with Gasteiger partial charge in [-0.1, -0.05) is 0 Å². The van der Waals surface area contributed by atoms with E-state index in [9.17, 15) is 4.79 Å². The Bertz CT molecular complexity index is 819. The monoisotopic (exact) mass is 286 g/mol. The number of aromatic nitrogens is 5. The van der Waals surface area contributed by atoms with Crippen molar-refractivity contribution in [2.24, 2.45) is 7.05 Å². The lowest BCUT2D eigenvalue weighted by Gasteiger charge is -2.03. The highest BCUT2D eigenvalue weighted by Gasteiger charge is 2.17. The molecule has 3 aromatic rings. The van der Waals surface area contributed by atoms with Crippen molar-refractivity contribution >= 4 is 17.2 Å². The molecular weight excluding hydrogens is 272 g/mol. The van der Waals surface area contributed by atoms with Gasteiger partial charge in [-0.15, -0.1) is 5.10 Å². The highest BCUT2D eigenvalue weighted by molar-refractivity contribution is 6.08. The number of carbonyl (C=O) groups is 1. The van der Waals surface area contributed by atoms with Crippen molar-refractivity contribution in [1.29, 1.82) is 0 Å². The number of nitrogens with one attached hydrogen (secondary N) is 1. The molecule has 8 heteroatoms. The molecule has 0 fully saturated rings. The van der Waals surface area contributed by atoms with E-state index in [-0.39, 0.29) is 5.91 Å². The lowest BCUT2D eigenvalue weighted by molar-refractivity contribution is 0.102. The third-order valence-electron chi connectivity index (χ3n) is 2.99. The lowest BCUT2D eigenvalue weighted by atomic mass is 10.3. The Kier molecular flexibility index (Phi) is 3.05. The van der Waals surface area contributed by atoms with Crippen LogP contribution in [0.15, 0.2) is 24.7 Å². The number of rotatable bonds is 3. The molecule has 21 heavy (non-hydrogen) atoms. The zero-order valence-corrected chi connectivity index (χ0v) is 11.9. The molecule has 0 unspecified atom stereocenters. The smallest absolute Gasteiger partial charge is 0.261 e. The van der Waals surface area contributed by atoms with Crippen molar-refractivity contribution in [2.45, 2.75) is 6.92 Å². The van der Waals surface area contributed by atoms with Crippen molar-refractivity contribution in [3.63, 3.8) is 0 Å². The maximum atomic E-state index is 12.4. The van der Waals surface area contributed by atoms with Crippen molar-refractivity contribution < 1.29 is 9.53 Å². The summed E-state index contributed by atoms with van der Waals surface area (Å²) in [6.45, 7) is 1.86. The first-order valence-corrected chi connectivity index (χ1v) is 6.28. The van der Waals surface area contributed by atoms with E-state index in [0.29, 0.717) is 22.8 Å². The van der Waals surface area contributed by atoms with E-state index in [0.717, 1.165) is 5.69 Å². The van der Waals surface area contributed by atoms with Gasteiger partial charge in [0.25, 0.3) is 11.8 Å². The summed E-state index contributed by atoms with van der Waals surface area (Å²) >= 11 is 0. The third-order valence-corrected chi connectivity index (χ3v) is 2.99. The van der Waals surface area contributed by atoms with Crippen LogP contribution in [0.2, 0.25) is 0 Å². The van der Waals surface area contributed by atoms with Gasteiger partial charge in [0.15, 0.2) is 5.65 Å². The van der Waals surface area contributed by atoms with Crippen molar-refractivity contribution in [1.82, 2.24) is 24.4 Å². The normalized spacial score (nSPS) is 10.8. The third kappa shape index (κ3) is 2.31. The van der Waals surface area contributed by atoms with Crippen LogP contribution in [-0.2, 0) is 7.05 Å². The summed E-state index contributed by atoms with van der Waals surface area (Å²) in [5, 5.41) is 11.0. The van der Waals surface area contributed by atoms with E-state index in [1.165, 1.54) is 13.3 Å². The molecule has 0 spiro atoms. The Labute approximate surface area is 120 Å². The number of hydrogen-bond donors (Lipinski definition) is 1. The van der Waals surface area contributed by atoms with Crippen molar-refractivity contribution in [3.8, 4) is 5.88 Å². The van der Waals surface area contributed by atoms with Gasteiger partial charge < -0.3 is 10.1 Å². The summed E-state index contributed by atoms with van der Waals surface area (Å²) in [6.07, 6.45) is 4.92. The Hall–Kier alpha value is -2.90. The van der Waals surface area contributed by atoms with E-state index in [2.05, 4.69) is 20.5 Å². The number of fused-ring (bicyclic) bond motifs is 1. The molecule has 0 aromatic carbocycles. The standard InChI is InChI=1S/C13H14N6O2/c1-8-4-5-19-11(15-8)9(6-14-19)12(20)16-10-7-18(2)17-13(10)21-3/h4-7H,1-3H3,(H,16,20). The molecule has 0 aliphatic rings. The Morgan fingerprint density at radius 2 is 2.24 bits per heavy atom. The number of aryl methyl sites for hydroxylation is 2. The second kappa shape index (κ2) is 4.89. The van der Waals surface area contributed by atoms with Gasteiger partial charge >= 0.3 is 0 Å². The first-order valence-electron chi connectivity index (χ1n) is 6.28. The van der Waals surface area contributed by atoms with Gasteiger partial charge in [0, 0.05) is 18.9 Å². The average molecular weight is 286 g/mol. The molecule has 0 bridgehead atoms. The summed E-state index contributed by atoms with van der Waals surface area (Å²) in [5.41, 5.74) is 2.22. The van der Waals surface area contributed by atoms with Crippen LogP contribution in [0.1, 0.15) is 16.1 Å². The number of methoxy groups -OCH3 is 1. The van der Waals surface area contributed by atoms with Crippen LogP contribution < -0.4 is 10.1 Å². The predicted octanol–water partition coefficient (Wildman–Crippen LogP) is 1.03. The van der Waals surface area contributed by atoms with Crippen LogP contribution >= 0.6 is 0 Å². The molecular formula is C13H14N6O2. The molecule has 3 rings (SSSR count). The van der Waals surface area contributed by atoms with Gasteiger partial charge in [-0.05, 0) is 13.0 Å². The molecule has 0 atom stereocenters. The van der Waals surface area contributed by atoms with Crippen LogP contribution in [0.4, 0.5) is 5.69 Å². The zero-order valence-electron chi connectivity index (χ0n) is 11.9. The molecule has 0 radical (unpaired) electrons. The first kappa shape index (κ1) is 13.1. The SMILES string of the molecule is COc1nn(C)cc1NC(=O)c1cnn2ccc(C)nc12. The maximum absolute atomic E-state index is 12.4. The molecule has 108 valence electrons. The van der Waals surface area contributed by atoms with Crippen molar-refractivity contribution in [3.05, 3.63) is 35.9 Å². The van der Waals surface area contributed by atoms with Gasteiger partial charge in [0.05, 0.1) is 19.5 Å². The number of ether oxygens (including phenoxy) is 1. The summed E-state index contributed by atoms with van der Waals surface area (Å²) in [7, 11) is 3.25. The topological polar surface area (TPSA) is 86.3 Å². The first-order chi connectivity index (χ1) is 10.1. The van der Waals surface area contributed by atoms with Gasteiger partial charge in [-0.25, -0.2) is 9.50 Å². The number of anilines is 1. The minimum atomic E-state index is -0.311. The van der Waals surface area contributed by atoms with Crippen LogP contribution in [0.5, 0.6) is 5.88 Å². The molecule has 3 heterocycles. The van der Waals surface area contributed by atoms with Crippen LogP contribution in [-0.4, -0.2) is 37.4 Å². The molecule has 0 saturated carbocycles. The second-order valence-corrected chi connectivity index (χ2v) is 4.58. The highest BCUT2D eigenvalue weighted by Crippen LogP contribution is 2.22. The van der Waals surface area contributed by atoms with Crippen LogP contribution in [0.25, 0.3) is 5.65 Å². The summed E-state index contributed by atoms with van der Waals surface area (Å²) < 4.78 is 8.23. The maximum Gasteiger partial charge on any atom is 0.261 e. The minimum absolute atomic E-state index is 0.311. The summed E-state index contributed by atoms with van der Waals surface area (Å²) in [4.78, 5) is 16.7. The molecule has 0 aliphatic heterocycles. The molecule has 0 saturated heterocycles. The zero-order chi connectivity index (χ0) is 15.0. The Morgan fingerprint density at radius 1 is 1.43 bits per heavy atom. The van der Waals surface area contributed by atoms with Crippen molar-refractivity contribution in [2.75, 3.05) is 12.4 Å². The van der Waals surface area contributed by atoms with Gasteiger partial charge in [-0.2, -0.15) is 5.10 Å². The lowest BCUT2D eigenvalue weighted by Crippen LogP contribution is -2.12. The summed E-state index contributed by atoms with van der Waals surface area (Å²) in [5.74, 6) is 0.0425.